The maximum atomic E-state index is 12.3. The highest BCUT2D eigenvalue weighted by Gasteiger charge is 2.18. The third kappa shape index (κ3) is 3.67. The van der Waals surface area contributed by atoms with Gasteiger partial charge < -0.3 is 15.0 Å². The molecule has 4 aromatic rings. The summed E-state index contributed by atoms with van der Waals surface area (Å²) >= 11 is 0. The summed E-state index contributed by atoms with van der Waals surface area (Å²) in [5.74, 6) is 0.737. The molecule has 0 amide bonds. The molecule has 4 rings (SSSR count). The highest BCUT2D eigenvalue weighted by atomic mass is 16.5. The lowest BCUT2D eigenvalue weighted by molar-refractivity contribution is 0.328. The van der Waals surface area contributed by atoms with Crippen LogP contribution in [0.3, 0.4) is 0 Å². The van der Waals surface area contributed by atoms with Gasteiger partial charge in [0.2, 0.25) is 0 Å². The highest BCUT2D eigenvalue weighted by molar-refractivity contribution is 5.92. The van der Waals surface area contributed by atoms with Gasteiger partial charge in [-0.3, -0.25) is 4.79 Å². The van der Waals surface area contributed by atoms with E-state index in [4.69, 9.17) is 15.6 Å². The van der Waals surface area contributed by atoms with Gasteiger partial charge in [0.15, 0.2) is 0 Å². The number of hydrogen-bond acceptors (Lipinski definition) is 4. The van der Waals surface area contributed by atoms with Crippen molar-refractivity contribution in [3.8, 4) is 28.1 Å². The Kier molecular flexibility index (Phi) is 5.18. The van der Waals surface area contributed by atoms with E-state index < -0.39 is 0 Å². The van der Waals surface area contributed by atoms with E-state index in [1.54, 1.807) is 10.6 Å². The van der Waals surface area contributed by atoms with E-state index >= 15 is 0 Å². The Labute approximate surface area is 169 Å². The Morgan fingerprint density at radius 3 is 2.59 bits per heavy atom. The lowest BCUT2D eigenvalue weighted by atomic mass is 10.0. The molecule has 0 aliphatic heterocycles. The van der Waals surface area contributed by atoms with E-state index in [0.29, 0.717) is 13.2 Å². The van der Waals surface area contributed by atoms with Crippen molar-refractivity contribution in [2.45, 2.75) is 19.9 Å². The summed E-state index contributed by atoms with van der Waals surface area (Å²) in [6.07, 6.45) is 3.79. The van der Waals surface area contributed by atoms with Gasteiger partial charge in [-0.05, 0) is 26.0 Å². The number of rotatable bonds is 6. The van der Waals surface area contributed by atoms with Gasteiger partial charge in [-0.25, -0.2) is 4.52 Å². The molecule has 0 unspecified atom stereocenters. The molecule has 0 bridgehead atoms. The Morgan fingerprint density at radius 2 is 1.86 bits per heavy atom. The number of ether oxygens (including phenoxy) is 1. The Morgan fingerprint density at radius 1 is 1.07 bits per heavy atom. The minimum Gasteiger partial charge on any atom is -0.492 e. The zero-order valence-corrected chi connectivity index (χ0v) is 16.6. The monoisotopic (exact) mass is 388 g/mol. The summed E-state index contributed by atoms with van der Waals surface area (Å²) in [4.78, 5) is 12.3. The van der Waals surface area contributed by atoms with Gasteiger partial charge in [-0.15, -0.1) is 0 Å². The number of nitrogens with zero attached hydrogens (tertiary/aromatic N) is 3. The summed E-state index contributed by atoms with van der Waals surface area (Å²) in [6.45, 7) is 4.89. The highest BCUT2D eigenvalue weighted by Crippen LogP contribution is 2.36. The van der Waals surface area contributed by atoms with Crippen molar-refractivity contribution in [3.63, 3.8) is 0 Å². The van der Waals surface area contributed by atoms with Crippen molar-refractivity contribution >= 4 is 5.52 Å². The van der Waals surface area contributed by atoms with Crippen molar-refractivity contribution in [2.75, 3.05) is 13.2 Å². The van der Waals surface area contributed by atoms with Crippen molar-refractivity contribution < 1.29 is 4.74 Å². The lowest BCUT2D eigenvalue weighted by Crippen LogP contribution is -2.20. The summed E-state index contributed by atoms with van der Waals surface area (Å²) in [5.41, 5.74) is 10.2. The number of pyridine rings is 2. The zero-order chi connectivity index (χ0) is 20.4. The topological polar surface area (TPSA) is 74.6 Å². The minimum atomic E-state index is -0.0200. The quantitative estimate of drug-likeness (QED) is 0.546. The van der Waals surface area contributed by atoms with Crippen LogP contribution >= 0.6 is 0 Å². The van der Waals surface area contributed by atoms with E-state index in [2.05, 4.69) is 0 Å². The van der Waals surface area contributed by atoms with E-state index in [1.807, 2.05) is 79.3 Å². The number of nitrogens with two attached hydrogens (primary N) is 1. The third-order valence-electron chi connectivity index (χ3n) is 4.82. The lowest BCUT2D eigenvalue weighted by Gasteiger charge is -2.12. The average molecular weight is 388 g/mol. The molecule has 0 saturated carbocycles. The molecule has 0 fully saturated rings. The zero-order valence-electron chi connectivity index (χ0n) is 16.6. The van der Waals surface area contributed by atoms with Gasteiger partial charge >= 0.3 is 0 Å². The van der Waals surface area contributed by atoms with Crippen molar-refractivity contribution in [2.24, 2.45) is 5.73 Å². The van der Waals surface area contributed by atoms with E-state index in [9.17, 15) is 4.79 Å². The van der Waals surface area contributed by atoms with Gasteiger partial charge in [0, 0.05) is 53.8 Å². The van der Waals surface area contributed by atoms with Crippen LogP contribution in [0.2, 0.25) is 0 Å². The van der Waals surface area contributed by atoms with Crippen molar-refractivity contribution in [1.29, 1.82) is 0 Å². The number of benzene rings is 1. The van der Waals surface area contributed by atoms with E-state index in [1.165, 1.54) is 0 Å². The van der Waals surface area contributed by atoms with Crippen LogP contribution in [0.25, 0.3) is 27.9 Å². The Balaban J connectivity index is 1.98. The molecule has 148 valence electrons. The normalized spacial score (nSPS) is 11.3. The fraction of sp³-hybridized carbons (Fsp3) is 0.217. The van der Waals surface area contributed by atoms with Crippen LogP contribution in [-0.4, -0.2) is 27.3 Å². The van der Waals surface area contributed by atoms with Crippen LogP contribution in [0.4, 0.5) is 0 Å². The van der Waals surface area contributed by atoms with E-state index in [0.717, 1.165) is 33.7 Å². The predicted molar refractivity (Wildman–Crippen MR) is 115 cm³/mol. The largest absolute Gasteiger partial charge is 0.492 e. The molecule has 3 heterocycles. The van der Waals surface area contributed by atoms with Crippen LogP contribution in [-0.2, 0) is 0 Å². The molecule has 0 aliphatic rings. The summed E-state index contributed by atoms with van der Waals surface area (Å²) in [5, 5.41) is 4.83. The van der Waals surface area contributed by atoms with Crippen LogP contribution < -0.4 is 16.0 Å². The smallest absolute Gasteiger partial charge is 0.250 e. The summed E-state index contributed by atoms with van der Waals surface area (Å²) in [6, 6.07) is 17.4. The molecule has 6 heteroatoms. The molecule has 6 nitrogen and oxygen atoms in total. The van der Waals surface area contributed by atoms with Crippen LogP contribution in [0.15, 0.2) is 71.8 Å². The Hall–Kier alpha value is -3.38. The molecule has 29 heavy (non-hydrogen) atoms. The summed E-state index contributed by atoms with van der Waals surface area (Å²) < 4.78 is 9.31. The fourth-order valence-corrected chi connectivity index (χ4v) is 3.43. The SMILES string of the molecule is CC(C)n1cc(-c2c(-c3ccccc3)nn3ccc(OCCN)cc23)ccc1=O. The first-order chi connectivity index (χ1) is 14.1. The predicted octanol–water partition coefficient (Wildman–Crippen LogP) is 3.75. The second-order valence-electron chi connectivity index (χ2n) is 7.18. The molecule has 3 aromatic heterocycles. The first kappa shape index (κ1) is 19.0. The Bertz CT molecular complexity index is 1190. The molecule has 0 spiro atoms. The first-order valence-electron chi connectivity index (χ1n) is 9.71. The number of hydrogen-bond donors (Lipinski definition) is 1. The third-order valence-corrected chi connectivity index (χ3v) is 4.82. The van der Waals surface area contributed by atoms with Crippen molar-refractivity contribution in [3.05, 3.63) is 77.3 Å². The fourth-order valence-electron chi connectivity index (χ4n) is 3.43. The van der Waals surface area contributed by atoms with Gasteiger partial charge in [-0.2, -0.15) is 5.10 Å². The van der Waals surface area contributed by atoms with Gasteiger partial charge in [0.25, 0.3) is 5.56 Å². The minimum absolute atomic E-state index is 0.0200. The van der Waals surface area contributed by atoms with Gasteiger partial charge in [0.1, 0.15) is 18.1 Å². The van der Waals surface area contributed by atoms with Gasteiger partial charge in [0.05, 0.1) is 5.52 Å². The summed E-state index contributed by atoms with van der Waals surface area (Å²) in [7, 11) is 0. The number of aromatic nitrogens is 3. The van der Waals surface area contributed by atoms with Gasteiger partial charge in [-0.1, -0.05) is 30.3 Å². The van der Waals surface area contributed by atoms with Crippen LogP contribution in [0.5, 0.6) is 5.75 Å². The average Bonchev–Trinajstić information content (AvgIpc) is 3.12. The maximum absolute atomic E-state index is 12.3. The maximum Gasteiger partial charge on any atom is 0.250 e. The standard InChI is InChI=1S/C23H24N4O2/c1-16(2)26-15-18(8-9-21(26)28)22-20-14-19(29-13-11-24)10-12-27(20)25-23(22)17-6-4-3-5-7-17/h3-10,12,14-16H,11,13,24H2,1-2H3. The second kappa shape index (κ2) is 7.93. The van der Waals surface area contributed by atoms with Crippen LogP contribution in [0.1, 0.15) is 19.9 Å². The van der Waals surface area contributed by atoms with Crippen molar-refractivity contribution in [1.82, 2.24) is 14.2 Å². The van der Waals surface area contributed by atoms with Crippen LogP contribution in [0, 0.1) is 0 Å². The molecule has 0 atom stereocenters. The molecule has 1 aromatic carbocycles. The second-order valence-corrected chi connectivity index (χ2v) is 7.18. The first-order valence-corrected chi connectivity index (χ1v) is 9.71. The van der Waals surface area contributed by atoms with E-state index in [-0.39, 0.29) is 11.6 Å². The molecule has 0 saturated heterocycles. The molecule has 2 N–H and O–H groups in total. The molecule has 0 aliphatic carbocycles. The molecule has 0 radical (unpaired) electrons. The molecular weight excluding hydrogens is 364 g/mol. The number of fused-ring (bicyclic) bond motifs is 1. The molecular formula is C23H24N4O2.